The summed E-state index contributed by atoms with van der Waals surface area (Å²) in [5, 5.41) is 11.5. The maximum absolute atomic E-state index is 8.47. The SMILES string of the molecule is C=C(C1CCN1C(=N)c1[nH]cnc1NC)N(C)c1ccccc1. The number of imidazole rings is 1. The van der Waals surface area contributed by atoms with Crippen molar-refractivity contribution in [2.45, 2.75) is 12.5 Å². The van der Waals surface area contributed by atoms with Crippen LogP contribution in [0.5, 0.6) is 0 Å². The minimum absolute atomic E-state index is 0.140. The number of likely N-dealkylation sites (tertiary alicyclic amines) is 1. The Labute approximate surface area is 136 Å². The standard InChI is InChI=1S/C17H22N6/c1-12(22(3)13-7-5-4-6-8-13)14-9-10-23(14)16(18)15-17(19-2)21-11-20-15/h4-8,11,14,18-19H,1,9-10H2,2-3H3,(H,20,21). The van der Waals surface area contributed by atoms with E-state index in [1.165, 1.54) is 0 Å². The van der Waals surface area contributed by atoms with Gasteiger partial charge in [0.2, 0.25) is 0 Å². The quantitative estimate of drug-likeness (QED) is 0.586. The first-order chi connectivity index (χ1) is 11.1. The first-order valence-corrected chi connectivity index (χ1v) is 7.67. The third-order valence-electron chi connectivity index (χ3n) is 4.38. The van der Waals surface area contributed by atoms with E-state index >= 15 is 0 Å². The van der Waals surface area contributed by atoms with Crippen LogP contribution in [0.1, 0.15) is 12.1 Å². The van der Waals surface area contributed by atoms with Crippen molar-refractivity contribution in [3.05, 3.63) is 54.6 Å². The Morgan fingerprint density at radius 2 is 2.17 bits per heavy atom. The summed E-state index contributed by atoms with van der Waals surface area (Å²) in [6.45, 7) is 5.11. The summed E-state index contributed by atoms with van der Waals surface area (Å²) in [7, 11) is 3.83. The number of aromatic nitrogens is 2. The molecule has 0 aliphatic carbocycles. The van der Waals surface area contributed by atoms with Gasteiger partial charge in [-0.05, 0) is 18.6 Å². The van der Waals surface area contributed by atoms with Crippen LogP contribution in [0.3, 0.4) is 0 Å². The van der Waals surface area contributed by atoms with E-state index in [2.05, 4.69) is 43.8 Å². The molecule has 0 radical (unpaired) electrons. The Kier molecular flexibility index (Phi) is 4.06. The van der Waals surface area contributed by atoms with E-state index in [9.17, 15) is 0 Å². The van der Waals surface area contributed by atoms with Crippen molar-refractivity contribution in [3.8, 4) is 0 Å². The molecule has 1 aliphatic rings. The molecule has 1 atom stereocenters. The van der Waals surface area contributed by atoms with Crippen LogP contribution in [0.15, 0.2) is 48.9 Å². The Bertz CT molecular complexity index is 705. The lowest BCUT2D eigenvalue weighted by molar-refractivity contribution is 0.215. The van der Waals surface area contributed by atoms with E-state index in [1.54, 1.807) is 6.33 Å². The molecule has 2 heterocycles. The zero-order chi connectivity index (χ0) is 16.4. The van der Waals surface area contributed by atoms with Gasteiger partial charge in [0.05, 0.1) is 12.4 Å². The highest BCUT2D eigenvalue weighted by molar-refractivity contribution is 5.99. The van der Waals surface area contributed by atoms with Gasteiger partial charge in [-0.2, -0.15) is 0 Å². The van der Waals surface area contributed by atoms with Crippen molar-refractivity contribution >= 4 is 17.3 Å². The summed E-state index contributed by atoms with van der Waals surface area (Å²) in [5.41, 5.74) is 2.82. The lowest BCUT2D eigenvalue weighted by Crippen LogP contribution is -2.54. The van der Waals surface area contributed by atoms with Gasteiger partial charge in [0.15, 0.2) is 5.82 Å². The third kappa shape index (κ3) is 2.67. The van der Waals surface area contributed by atoms with Crippen molar-refractivity contribution < 1.29 is 0 Å². The van der Waals surface area contributed by atoms with Crippen LogP contribution in [0.4, 0.5) is 11.5 Å². The van der Waals surface area contributed by atoms with Crippen molar-refractivity contribution in [2.75, 3.05) is 30.9 Å². The summed E-state index contributed by atoms with van der Waals surface area (Å²) in [6, 6.07) is 10.3. The van der Waals surface area contributed by atoms with Gasteiger partial charge in [0.25, 0.3) is 0 Å². The van der Waals surface area contributed by atoms with Crippen LogP contribution in [0.2, 0.25) is 0 Å². The van der Waals surface area contributed by atoms with E-state index in [1.807, 2.05) is 32.3 Å². The molecule has 1 fully saturated rings. The Hall–Kier alpha value is -2.76. The molecule has 6 nitrogen and oxygen atoms in total. The molecule has 23 heavy (non-hydrogen) atoms. The summed E-state index contributed by atoms with van der Waals surface area (Å²) in [5.74, 6) is 1.15. The molecule has 0 saturated carbocycles. The normalized spacial score (nSPS) is 16.6. The van der Waals surface area contributed by atoms with Gasteiger partial charge < -0.3 is 20.1 Å². The predicted molar refractivity (Wildman–Crippen MR) is 94.1 cm³/mol. The smallest absolute Gasteiger partial charge is 0.155 e. The number of benzene rings is 1. The Morgan fingerprint density at radius 1 is 1.43 bits per heavy atom. The molecule has 3 N–H and O–H groups in total. The number of H-pyrrole nitrogens is 1. The predicted octanol–water partition coefficient (Wildman–Crippen LogP) is 2.50. The molecular weight excluding hydrogens is 288 g/mol. The molecule has 0 amide bonds. The molecule has 6 heteroatoms. The monoisotopic (exact) mass is 310 g/mol. The number of nitrogens with zero attached hydrogens (tertiary/aromatic N) is 3. The summed E-state index contributed by atoms with van der Waals surface area (Å²) in [4.78, 5) is 11.4. The number of aromatic amines is 1. The summed E-state index contributed by atoms with van der Waals surface area (Å²) in [6.07, 6.45) is 2.61. The number of amidine groups is 1. The molecule has 120 valence electrons. The van der Waals surface area contributed by atoms with Crippen LogP contribution >= 0.6 is 0 Å². The van der Waals surface area contributed by atoms with Gasteiger partial charge in [-0.3, -0.25) is 5.41 Å². The second kappa shape index (κ2) is 6.16. The van der Waals surface area contributed by atoms with Crippen LogP contribution < -0.4 is 10.2 Å². The van der Waals surface area contributed by atoms with Crippen molar-refractivity contribution in [3.63, 3.8) is 0 Å². The van der Waals surface area contributed by atoms with Crippen LogP contribution in [-0.4, -0.2) is 47.4 Å². The zero-order valence-electron chi connectivity index (χ0n) is 13.5. The van der Waals surface area contributed by atoms with Gasteiger partial charge >= 0.3 is 0 Å². The first kappa shape index (κ1) is 15.1. The number of likely N-dealkylation sites (N-methyl/N-ethyl adjacent to an activating group) is 1. The first-order valence-electron chi connectivity index (χ1n) is 7.67. The molecule has 1 unspecified atom stereocenters. The molecule has 2 aromatic rings. The minimum atomic E-state index is 0.140. The molecule has 1 saturated heterocycles. The summed E-state index contributed by atoms with van der Waals surface area (Å²) < 4.78 is 0. The Morgan fingerprint density at radius 3 is 2.78 bits per heavy atom. The largest absolute Gasteiger partial charge is 0.371 e. The molecular formula is C17H22N6. The minimum Gasteiger partial charge on any atom is -0.371 e. The average molecular weight is 310 g/mol. The fourth-order valence-corrected chi connectivity index (χ4v) is 2.85. The van der Waals surface area contributed by atoms with E-state index < -0.39 is 0 Å². The molecule has 0 spiro atoms. The number of para-hydroxylation sites is 1. The van der Waals surface area contributed by atoms with Crippen molar-refractivity contribution in [2.24, 2.45) is 0 Å². The lowest BCUT2D eigenvalue weighted by Gasteiger charge is -2.45. The average Bonchev–Trinajstić information content (AvgIpc) is 3.02. The van der Waals surface area contributed by atoms with Crippen molar-refractivity contribution in [1.29, 1.82) is 5.41 Å². The Balaban J connectivity index is 1.74. The molecule has 1 aliphatic heterocycles. The lowest BCUT2D eigenvalue weighted by atomic mass is 9.98. The van der Waals surface area contributed by atoms with Crippen LogP contribution in [0, 0.1) is 5.41 Å². The topological polar surface area (TPSA) is 71.0 Å². The van der Waals surface area contributed by atoms with Crippen LogP contribution in [0.25, 0.3) is 0 Å². The second-order valence-electron chi connectivity index (χ2n) is 5.61. The number of rotatable bonds is 5. The number of nitrogens with one attached hydrogen (secondary N) is 3. The highest BCUT2D eigenvalue weighted by Crippen LogP contribution is 2.30. The van der Waals surface area contributed by atoms with Gasteiger partial charge in [0.1, 0.15) is 11.5 Å². The van der Waals surface area contributed by atoms with E-state index in [-0.39, 0.29) is 6.04 Å². The van der Waals surface area contributed by atoms with Gasteiger partial charge in [-0.15, -0.1) is 0 Å². The third-order valence-corrected chi connectivity index (χ3v) is 4.38. The zero-order valence-corrected chi connectivity index (χ0v) is 13.5. The van der Waals surface area contributed by atoms with E-state index in [0.717, 1.165) is 24.4 Å². The van der Waals surface area contributed by atoms with E-state index in [4.69, 9.17) is 5.41 Å². The van der Waals surface area contributed by atoms with Gasteiger partial charge in [-0.25, -0.2) is 4.98 Å². The highest BCUT2D eigenvalue weighted by atomic mass is 15.3. The summed E-state index contributed by atoms with van der Waals surface area (Å²) >= 11 is 0. The molecule has 1 aromatic carbocycles. The maximum atomic E-state index is 8.47. The molecule has 0 bridgehead atoms. The maximum Gasteiger partial charge on any atom is 0.155 e. The van der Waals surface area contributed by atoms with Crippen LogP contribution in [-0.2, 0) is 0 Å². The molecule has 3 rings (SSSR count). The van der Waals surface area contributed by atoms with Gasteiger partial charge in [-0.1, -0.05) is 24.8 Å². The fourth-order valence-electron chi connectivity index (χ4n) is 2.85. The second-order valence-corrected chi connectivity index (χ2v) is 5.61. The number of anilines is 2. The van der Waals surface area contributed by atoms with Gasteiger partial charge in [0, 0.05) is 32.0 Å². The number of hydrogen-bond donors (Lipinski definition) is 3. The number of hydrogen-bond acceptors (Lipinski definition) is 4. The van der Waals surface area contributed by atoms with Crippen molar-refractivity contribution in [1.82, 2.24) is 14.9 Å². The molecule has 1 aromatic heterocycles. The fraction of sp³-hybridized carbons (Fsp3) is 0.294. The highest BCUT2D eigenvalue weighted by Gasteiger charge is 2.35. The van der Waals surface area contributed by atoms with E-state index in [0.29, 0.717) is 17.3 Å².